The van der Waals surface area contributed by atoms with Gasteiger partial charge in [0, 0.05) is 13.1 Å². The zero-order valence-electron chi connectivity index (χ0n) is 11.9. The summed E-state index contributed by atoms with van der Waals surface area (Å²) in [5.41, 5.74) is 13.0. The zero-order chi connectivity index (χ0) is 15.3. The van der Waals surface area contributed by atoms with Crippen molar-refractivity contribution in [3.8, 4) is 11.5 Å². The summed E-state index contributed by atoms with van der Waals surface area (Å²) in [5.74, 6) is 0.966. The van der Waals surface area contributed by atoms with Crippen molar-refractivity contribution in [3.63, 3.8) is 0 Å². The smallest absolute Gasteiger partial charge is 0.416 e. The van der Waals surface area contributed by atoms with E-state index in [9.17, 15) is 4.57 Å². The van der Waals surface area contributed by atoms with Crippen molar-refractivity contribution >= 4 is 7.60 Å². The van der Waals surface area contributed by atoms with E-state index in [1.54, 1.807) is 24.3 Å². The third kappa shape index (κ3) is 4.60. The van der Waals surface area contributed by atoms with Gasteiger partial charge in [-0.3, -0.25) is 0 Å². The third-order valence-corrected chi connectivity index (χ3v) is 3.95. The van der Waals surface area contributed by atoms with Gasteiger partial charge in [0.15, 0.2) is 0 Å². The molecular formula is C15H19N2O3P. The average molecular weight is 306 g/mol. The lowest BCUT2D eigenvalue weighted by atomic mass is 10.2. The van der Waals surface area contributed by atoms with Crippen molar-refractivity contribution in [3.05, 3.63) is 59.7 Å². The Morgan fingerprint density at radius 1 is 0.810 bits per heavy atom. The Morgan fingerprint density at radius 2 is 1.14 bits per heavy atom. The summed E-state index contributed by atoms with van der Waals surface area (Å²) in [6.07, 6.45) is 0. The van der Waals surface area contributed by atoms with Crippen LogP contribution in [0.5, 0.6) is 11.5 Å². The fourth-order valence-electron chi connectivity index (χ4n) is 1.77. The first kappa shape index (κ1) is 15.6. The van der Waals surface area contributed by atoms with Crippen molar-refractivity contribution in [1.82, 2.24) is 0 Å². The summed E-state index contributed by atoms with van der Waals surface area (Å²) < 4.78 is 23.2. The molecule has 112 valence electrons. The van der Waals surface area contributed by atoms with E-state index in [0.717, 1.165) is 11.1 Å². The molecule has 2 aromatic carbocycles. The predicted octanol–water partition coefficient (Wildman–Crippen LogP) is 2.88. The Hall–Kier alpha value is -1.81. The van der Waals surface area contributed by atoms with Crippen molar-refractivity contribution in [2.45, 2.75) is 13.1 Å². The molecule has 0 fully saturated rings. The fraction of sp³-hybridized carbons (Fsp3) is 0.200. The maximum atomic E-state index is 12.4. The molecule has 2 aromatic rings. The lowest BCUT2D eigenvalue weighted by molar-refractivity contribution is 0.393. The van der Waals surface area contributed by atoms with Crippen LogP contribution in [-0.4, -0.2) is 6.66 Å². The van der Waals surface area contributed by atoms with E-state index in [-0.39, 0.29) is 0 Å². The van der Waals surface area contributed by atoms with E-state index in [1.165, 1.54) is 6.66 Å². The van der Waals surface area contributed by atoms with Gasteiger partial charge >= 0.3 is 7.60 Å². The Morgan fingerprint density at radius 3 is 1.43 bits per heavy atom. The van der Waals surface area contributed by atoms with Crippen LogP contribution in [-0.2, 0) is 17.7 Å². The first-order valence-electron chi connectivity index (χ1n) is 6.57. The molecule has 0 unspecified atom stereocenters. The van der Waals surface area contributed by atoms with Crippen LogP contribution in [0.3, 0.4) is 0 Å². The van der Waals surface area contributed by atoms with E-state index in [2.05, 4.69) is 0 Å². The number of hydrogen-bond donors (Lipinski definition) is 2. The Labute approximate surface area is 124 Å². The maximum Gasteiger partial charge on any atom is 0.427 e. The summed E-state index contributed by atoms with van der Waals surface area (Å²) in [7, 11) is -3.25. The second-order valence-corrected chi connectivity index (χ2v) is 6.56. The number of nitrogens with two attached hydrogens (primary N) is 2. The van der Waals surface area contributed by atoms with Crippen molar-refractivity contribution in [1.29, 1.82) is 0 Å². The van der Waals surface area contributed by atoms with E-state index >= 15 is 0 Å². The molecule has 0 aliphatic carbocycles. The van der Waals surface area contributed by atoms with Gasteiger partial charge in [-0.05, 0) is 35.4 Å². The minimum Gasteiger partial charge on any atom is -0.416 e. The van der Waals surface area contributed by atoms with Crippen LogP contribution in [0.4, 0.5) is 0 Å². The van der Waals surface area contributed by atoms with Crippen LogP contribution < -0.4 is 20.5 Å². The van der Waals surface area contributed by atoms with Crippen LogP contribution in [0.1, 0.15) is 11.1 Å². The van der Waals surface area contributed by atoms with E-state index in [4.69, 9.17) is 20.5 Å². The average Bonchev–Trinajstić information content (AvgIpc) is 2.48. The molecule has 6 heteroatoms. The molecule has 0 saturated carbocycles. The summed E-state index contributed by atoms with van der Waals surface area (Å²) >= 11 is 0. The largest absolute Gasteiger partial charge is 0.427 e. The van der Waals surface area contributed by atoms with Gasteiger partial charge in [0.25, 0.3) is 0 Å². The molecule has 5 nitrogen and oxygen atoms in total. The first-order chi connectivity index (χ1) is 10.0. The molecule has 4 N–H and O–H groups in total. The van der Waals surface area contributed by atoms with Gasteiger partial charge in [0.2, 0.25) is 0 Å². The molecule has 0 atom stereocenters. The lowest BCUT2D eigenvalue weighted by Crippen LogP contribution is -2.01. The van der Waals surface area contributed by atoms with Gasteiger partial charge in [-0.2, -0.15) is 0 Å². The maximum absolute atomic E-state index is 12.4. The van der Waals surface area contributed by atoms with Gasteiger partial charge in [-0.15, -0.1) is 0 Å². The Balaban J connectivity index is 2.04. The first-order valence-corrected chi connectivity index (χ1v) is 8.56. The van der Waals surface area contributed by atoms with E-state index in [1.807, 2.05) is 24.3 Å². The molecule has 21 heavy (non-hydrogen) atoms. The van der Waals surface area contributed by atoms with Gasteiger partial charge in [-0.25, -0.2) is 4.57 Å². The van der Waals surface area contributed by atoms with E-state index in [0.29, 0.717) is 24.6 Å². The molecule has 0 saturated heterocycles. The summed E-state index contributed by atoms with van der Waals surface area (Å²) in [5, 5.41) is 0. The molecule has 0 spiro atoms. The zero-order valence-corrected chi connectivity index (χ0v) is 12.8. The molecule has 2 rings (SSSR count). The van der Waals surface area contributed by atoms with E-state index < -0.39 is 7.60 Å². The lowest BCUT2D eigenvalue weighted by Gasteiger charge is -2.16. The minimum atomic E-state index is -3.25. The van der Waals surface area contributed by atoms with Crippen LogP contribution in [0.2, 0.25) is 0 Å². The normalized spacial score (nSPS) is 11.2. The van der Waals surface area contributed by atoms with Gasteiger partial charge < -0.3 is 20.5 Å². The van der Waals surface area contributed by atoms with Crippen molar-refractivity contribution in [2.75, 3.05) is 6.66 Å². The van der Waals surface area contributed by atoms with Crippen molar-refractivity contribution < 1.29 is 13.6 Å². The molecular weight excluding hydrogens is 287 g/mol. The molecule has 0 aliphatic rings. The SMILES string of the molecule is CP(=O)(Oc1ccc(CN)cc1)Oc1ccc(CN)cc1. The highest BCUT2D eigenvalue weighted by Crippen LogP contribution is 2.44. The summed E-state index contributed by atoms with van der Waals surface area (Å²) in [6.45, 7) is 2.34. The second kappa shape index (κ2) is 6.76. The molecule has 0 amide bonds. The topological polar surface area (TPSA) is 87.6 Å². The van der Waals surface area contributed by atoms with Gasteiger partial charge in [-0.1, -0.05) is 24.3 Å². The van der Waals surface area contributed by atoms with Crippen LogP contribution in [0.25, 0.3) is 0 Å². The van der Waals surface area contributed by atoms with Crippen molar-refractivity contribution in [2.24, 2.45) is 11.5 Å². The number of hydrogen-bond acceptors (Lipinski definition) is 5. The van der Waals surface area contributed by atoms with Gasteiger partial charge in [0.05, 0.1) is 6.66 Å². The van der Waals surface area contributed by atoms with Crippen LogP contribution in [0, 0.1) is 0 Å². The Bertz CT molecular complexity index is 573. The number of rotatable bonds is 6. The highest BCUT2D eigenvalue weighted by molar-refractivity contribution is 7.53. The molecule has 0 aromatic heterocycles. The molecule has 0 radical (unpaired) electrons. The molecule has 0 heterocycles. The standard InChI is InChI=1S/C15H19N2O3P/c1-21(18,19-14-6-2-12(10-16)3-7-14)20-15-8-4-13(11-17)5-9-15/h2-9H,10-11,16-17H2,1H3. The third-order valence-electron chi connectivity index (χ3n) is 2.86. The Kier molecular flexibility index (Phi) is 5.02. The minimum absolute atomic E-state index is 0.452. The molecule has 0 bridgehead atoms. The summed E-state index contributed by atoms with van der Waals surface area (Å²) in [4.78, 5) is 0. The number of benzene rings is 2. The van der Waals surface area contributed by atoms with Crippen LogP contribution in [0.15, 0.2) is 48.5 Å². The van der Waals surface area contributed by atoms with Crippen LogP contribution >= 0.6 is 7.60 Å². The fourth-order valence-corrected chi connectivity index (χ4v) is 2.82. The summed E-state index contributed by atoms with van der Waals surface area (Å²) in [6, 6.07) is 14.2. The highest BCUT2D eigenvalue weighted by atomic mass is 31.2. The van der Waals surface area contributed by atoms with Gasteiger partial charge in [0.1, 0.15) is 11.5 Å². The second-order valence-electron chi connectivity index (χ2n) is 4.65. The quantitative estimate of drug-likeness (QED) is 0.801. The molecule has 0 aliphatic heterocycles. The predicted molar refractivity (Wildman–Crippen MR) is 83.5 cm³/mol. The highest BCUT2D eigenvalue weighted by Gasteiger charge is 2.20. The monoisotopic (exact) mass is 306 g/mol.